The van der Waals surface area contributed by atoms with Crippen LogP contribution >= 0.6 is 0 Å². The summed E-state index contributed by atoms with van der Waals surface area (Å²) in [5.41, 5.74) is 2.60. The van der Waals surface area contributed by atoms with Crippen LogP contribution in [0.15, 0.2) is 58.7 Å². The van der Waals surface area contributed by atoms with Crippen molar-refractivity contribution in [2.24, 2.45) is 5.10 Å². The van der Waals surface area contributed by atoms with Crippen LogP contribution in [-0.4, -0.2) is 29.2 Å². The minimum atomic E-state index is -3.84. The van der Waals surface area contributed by atoms with Crippen LogP contribution in [0.25, 0.3) is 10.9 Å². The quantitative estimate of drug-likeness (QED) is 0.711. The number of hydrazone groups is 1. The molecular formula is C18H16N4O3S. The van der Waals surface area contributed by atoms with Crippen LogP contribution in [0.2, 0.25) is 0 Å². The smallest absolute Gasteiger partial charge is 0.272 e. The number of benzene rings is 2. The van der Waals surface area contributed by atoms with Gasteiger partial charge >= 0.3 is 0 Å². The second-order valence-corrected chi connectivity index (χ2v) is 8.03. The van der Waals surface area contributed by atoms with Gasteiger partial charge < -0.3 is 0 Å². The fourth-order valence-electron chi connectivity index (χ4n) is 2.87. The zero-order chi connectivity index (χ0) is 18.5. The number of carbonyl (C=O) groups excluding carboxylic acids is 1. The highest BCUT2D eigenvalue weighted by atomic mass is 32.2. The lowest BCUT2D eigenvalue weighted by atomic mass is 10.2. The van der Waals surface area contributed by atoms with E-state index in [1.54, 1.807) is 49.4 Å². The molecule has 0 N–H and O–H groups in total. The number of aromatic nitrogens is 2. The van der Waals surface area contributed by atoms with Gasteiger partial charge in [0, 0.05) is 11.1 Å². The van der Waals surface area contributed by atoms with Crippen molar-refractivity contribution in [3.63, 3.8) is 0 Å². The average molecular weight is 368 g/mol. The van der Waals surface area contributed by atoms with Crippen molar-refractivity contribution in [1.29, 1.82) is 0 Å². The van der Waals surface area contributed by atoms with Crippen molar-refractivity contribution in [2.75, 3.05) is 5.01 Å². The van der Waals surface area contributed by atoms with Crippen LogP contribution in [0.3, 0.4) is 0 Å². The molecule has 7 nitrogen and oxygen atoms in total. The zero-order valence-corrected chi connectivity index (χ0v) is 15.1. The lowest BCUT2D eigenvalue weighted by molar-refractivity contribution is -0.116. The Bertz CT molecular complexity index is 1160. The molecule has 0 saturated carbocycles. The molecule has 0 fully saturated rings. The largest absolute Gasteiger partial charge is 0.283 e. The molecule has 3 aromatic rings. The highest BCUT2D eigenvalue weighted by Gasteiger charge is 2.25. The van der Waals surface area contributed by atoms with E-state index in [4.69, 9.17) is 0 Å². The molecule has 0 radical (unpaired) electrons. The van der Waals surface area contributed by atoms with Gasteiger partial charge in [-0.2, -0.15) is 22.7 Å². The van der Waals surface area contributed by atoms with Crippen LogP contribution in [-0.2, 0) is 14.8 Å². The zero-order valence-electron chi connectivity index (χ0n) is 14.2. The first kappa shape index (κ1) is 16.5. The second-order valence-electron chi connectivity index (χ2n) is 6.27. The Morgan fingerprint density at radius 3 is 2.42 bits per heavy atom. The maximum absolute atomic E-state index is 13.0. The number of rotatable bonds is 3. The predicted octanol–water partition coefficient (Wildman–Crippen LogP) is 2.69. The Kier molecular flexibility index (Phi) is 3.66. The predicted molar refractivity (Wildman–Crippen MR) is 98.7 cm³/mol. The molecule has 0 aliphatic carbocycles. The van der Waals surface area contributed by atoms with Gasteiger partial charge in [-0.25, -0.2) is 5.01 Å². The van der Waals surface area contributed by atoms with E-state index < -0.39 is 10.0 Å². The Morgan fingerprint density at radius 1 is 1.04 bits per heavy atom. The van der Waals surface area contributed by atoms with Crippen molar-refractivity contribution in [3.8, 4) is 0 Å². The summed E-state index contributed by atoms with van der Waals surface area (Å²) in [6.07, 6.45) is 1.75. The first-order chi connectivity index (χ1) is 12.4. The lowest BCUT2D eigenvalue weighted by Gasteiger charge is -2.12. The first-order valence-electron chi connectivity index (χ1n) is 8.03. The van der Waals surface area contributed by atoms with Gasteiger partial charge in [0.15, 0.2) is 0 Å². The summed E-state index contributed by atoms with van der Waals surface area (Å²) in [7, 11) is -3.84. The third kappa shape index (κ3) is 2.59. The Morgan fingerprint density at radius 2 is 1.77 bits per heavy atom. The monoisotopic (exact) mass is 368 g/mol. The summed E-state index contributed by atoms with van der Waals surface area (Å²) in [5.74, 6) is -0.144. The van der Waals surface area contributed by atoms with Crippen LogP contribution in [0.5, 0.6) is 0 Å². The summed E-state index contributed by atoms with van der Waals surface area (Å²) in [6.45, 7) is 3.67. The van der Waals surface area contributed by atoms with E-state index in [1.807, 2.05) is 6.92 Å². The highest BCUT2D eigenvalue weighted by Crippen LogP contribution is 2.27. The van der Waals surface area contributed by atoms with E-state index in [2.05, 4.69) is 10.2 Å². The molecule has 2 aromatic carbocycles. The fourth-order valence-corrected chi connectivity index (χ4v) is 4.14. The molecule has 1 aliphatic rings. The van der Waals surface area contributed by atoms with Crippen molar-refractivity contribution in [3.05, 3.63) is 54.2 Å². The summed E-state index contributed by atoms with van der Waals surface area (Å²) in [6, 6.07) is 11.7. The minimum Gasteiger partial charge on any atom is -0.272 e. The summed E-state index contributed by atoms with van der Waals surface area (Å²) >= 11 is 0. The van der Waals surface area contributed by atoms with E-state index in [-0.39, 0.29) is 17.2 Å². The highest BCUT2D eigenvalue weighted by molar-refractivity contribution is 7.90. The maximum Gasteiger partial charge on any atom is 0.283 e. The number of aryl methyl sites for hydroxylation is 1. The van der Waals surface area contributed by atoms with Crippen LogP contribution in [0.4, 0.5) is 5.69 Å². The Labute approximate surface area is 150 Å². The average Bonchev–Trinajstić information content (AvgIpc) is 3.17. The molecule has 0 unspecified atom stereocenters. The standard InChI is InChI=1S/C18H16N4O3S/c1-12-3-7-16(8-4-12)26(24,25)22-17-10-15(6-5-14(17)11-19-22)21-18(23)9-13(2)20-21/h3-8,10-11H,9H2,1-2H3. The molecule has 0 spiro atoms. The molecule has 132 valence electrons. The van der Waals surface area contributed by atoms with Crippen molar-refractivity contribution >= 4 is 38.2 Å². The molecule has 1 aromatic heterocycles. The molecule has 8 heteroatoms. The lowest BCUT2D eigenvalue weighted by Crippen LogP contribution is -2.20. The van der Waals surface area contributed by atoms with Crippen molar-refractivity contribution in [2.45, 2.75) is 25.2 Å². The summed E-state index contributed by atoms with van der Waals surface area (Å²) in [4.78, 5) is 12.2. The van der Waals surface area contributed by atoms with Crippen LogP contribution < -0.4 is 5.01 Å². The second kappa shape index (κ2) is 5.77. The third-order valence-corrected chi connectivity index (χ3v) is 5.84. The van der Waals surface area contributed by atoms with E-state index in [9.17, 15) is 13.2 Å². The molecule has 0 saturated heterocycles. The molecule has 1 amide bonds. The van der Waals surface area contributed by atoms with Gasteiger partial charge in [0.25, 0.3) is 15.9 Å². The van der Waals surface area contributed by atoms with Gasteiger partial charge in [-0.1, -0.05) is 17.7 Å². The molecular weight excluding hydrogens is 352 g/mol. The van der Waals surface area contributed by atoms with Gasteiger partial charge in [0.1, 0.15) is 0 Å². The molecule has 2 heterocycles. The number of hydrogen-bond acceptors (Lipinski definition) is 5. The summed E-state index contributed by atoms with van der Waals surface area (Å²) < 4.78 is 26.9. The van der Waals surface area contributed by atoms with Crippen molar-refractivity contribution < 1.29 is 13.2 Å². The van der Waals surface area contributed by atoms with Crippen LogP contribution in [0, 0.1) is 6.92 Å². The van der Waals surface area contributed by atoms with E-state index in [0.29, 0.717) is 16.6 Å². The molecule has 4 rings (SSSR count). The van der Waals surface area contributed by atoms with Gasteiger partial charge in [-0.15, -0.1) is 0 Å². The normalized spacial score (nSPS) is 14.9. The molecule has 0 atom stereocenters. The summed E-state index contributed by atoms with van der Waals surface area (Å²) in [5, 5.41) is 10.2. The number of hydrogen-bond donors (Lipinski definition) is 0. The number of carbonyl (C=O) groups is 1. The Balaban J connectivity index is 1.85. The molecule has 0 bridgehead atoms. The Hall–Kier alpha value is -3.00. The van der Waals surface area contributed by atoms with Crippen molar-refractivity contribution in [1.82, 2.24) is 9.19 Å². The van der Waals surface area contributed by atoms with Gasteiger partial charge in [0.05, 0.1) is 28.7 Å². The number of amides is 1. The number of anilines is 1. The van der Waals surface area contributed by atoms with Gasteiger partial charge in [-0.3, -0.25) is 4.79 Å². The minimum absolute atomic E-state index is 0.144. The van der Waals surface area contributed by atoms with Crippen LogP contribution in [0.1, 0.15) is 18.9 Å². The first-order valence-corrected chi connectivity index (χ1v) is 9.47. The van der Waals surface area contributed by atoms with E-state index in [0.717, 1.165) is 15.4 Å². The number of nitrogens with zero attached hydrogens (tertiary/aromatic N) is 4. The molecule has 1 aliphatic heterocycles. The SMILES string of the molecule is CC1=NN(c2ccc3cnn(S(=O)(=O)c4ccc(C)cc4)c3c2)C(=O)C1. The molecule has 26 heavy (non-hydrogen) atoms. The van der Waals surface area contributed by atoms with Gasteiger partial charge in [0.2, 0.25) is 0 Å². The third-order valence-electron chi connectivity index (χ3n) is 4.23. The maximum atomic E-state index is 13.0. The van der Waals surface area contributed by atoms with E-state index >= 15 is 0 Å². The fraction of sp³-hybridized carbons (Fsp3) is 0.167. The van der Waals surface area contributed by atoms with Gasteiger partial charge in [-0.05, 0) is 44.2 Å². The topological polar surface area (TPSA) is 84.6 Å². The van der Waals surface area contributed by atoms with E-state index in [1.165, 1.54) is 11.2 Å². The number of fused-ring (bicyclic) bond motifs is 1.